The Morgan fingerprint density at radius 1 is 0.929 bits per heavy atom. The molecule has 0 aliphatic heterocycles. The minimum absolute atomic E-state index is 0.0186. The Kier molecular flexibility index (Phi) is 14.8. The third-order valence-corrected chi connectivity index (χ3v) is 9.19. The van der Waals surface area contributed by atoms with Gasteiger partial charge in [0.05, 0.1) is 6.61 Å². The van der Waals surface area contributed by atoms with E-state index in [-0.39, 0.29) is 37.4 Å². The molecule has 2 aromatic carbocycles. The summed E-state index contributed by atoms with van der Waals surface area (Å²) < 4.78 is 19.6. The van der Waals surface area contributed by atoms with Crippen molar-refractivity contribution in [2.45, 2.75) is 85.2 Å². The molecule has 2 rings (SSSR count). The Morgan fingerprint density at radius 2 is 1.55 bits per heavy atom. The lowest BCUT2D eigenvalue weighted by Gasteiger charge is -2.39. The van der Waals surface area contributed by atoms with E-state index < -0.39 is 37.2 Å². The van der Waals surface area contributed by atoms with Crippen LogP contribution in [-0.2, 0) is 25.3 Å². The predicted molar refractivity (Wildman–Crippen MR) is 167 cm³/mol. The summed E-state index contributed by atoms with van der Waals surface area (Å²) in [4.78, 5) is 41.3. The van der Waals surface area contributed by atoms with Gasteiger partial charge in [-0.3, -0.25) is 24.1 Å². The summed E-state index contributed by atoms with van der Waals surface area (Å²) in [7, 11) is -4.01. The molecule has 0 spiro atoms. The highest BCUT2D eigenvalue weighted by atomic mass is 31.2. The van der Waals surface area contributed by atoms with Gasteiger partial charge in [-0.2, -0.15) is 0 Å². The highest BCUT2D eigenvalue weighted by Gasteiger charge is 2.44. The summed E-state index contributed by atoms with van der Waals surface area (Å²) in [6, 6.07) is 17.4. The largest absolute Gasteiger partial charge is 0.449 e. The van der Waals surface area contributed by atoms with Crippen molar-refractivity contribution in [3.8, 4) is 0 Å². The molecule has 0 saturated carbocycles. The predicted octanol–water partition coefficient (Wildman–Crippen LogP) is 6.63. The summed E-state index contributed by atoms with van der Waals surface area (Å²) >= 11 is 0. The van der Waals surface area contributed by atoms with Crippen molar-refractivity contribution < 1.29 is 28.8 Å². The van der Waals surface area contributed by atoms with Crippen molar-refractivity contribution in [1.82, 2.24) is 9.99 Å². The number of hydrogen-bond acceptors (Lipinski definition) is 6. The zero-order valence-corrected chi connectivity index (χ0v) is 26.5. The third kappa shape index (κ3) is 11.6. The average molecular weight is 602 g/mol. The van der Waals surface area contributed by atoms with Gasteiger partial charge < -0.3 is 15.2 Å². The second-order valence-corrected chi connectivity index (χ2v) is 14.2. The maximum Gasteiger partial charge on any atom is 0.412 e. The van der Waals surface area contributed by atoms with Crippen molar-refractivity contribution in [3.05, 3.63) is 66.2 Å². The lowest BCUT2D eigenvalue weighted by molar-refractivity contribution is -0.146. The Hall–Kier alpha value is -3.16. The summed E-state index contributed by atoms with van der Waals surface area (Å²) in [6.45, 7) is 9.56. The van der Waals surface area contributed by atoms with E-state index in [0.29, 0.717) is 31.4 Å². The van der Waals surface area contributed by atoms with Gasteiger partial charge in [0, 0.05) is 18.3 Å². The van der Waals surface area contributed by atoms with Gasteiger partial charge in [-0.15, -0.1) is 0 Å². The van der Waals surface area contributed by atoms with Crippen molar-refractivity contribution in [2.24, 2.45) is 11.8 Å². The molecule has 232 valence electrons. The number of hydrogen-bond donors (Lipinski definition) is 3. The van der Waals surface area contributed by atoms with Gasteiger partial charge in [0.25, 0.3) is 0 Å². The van der Waals surface area contributed by atoms with Gasteiger partial charge in [0.2, 0.25) is 25.1 Å². The average Bonchev–Trinajstić information content (AvgIpc) is 2.95. The number of unbranched alkanes of at least 4 members (excludes halogenated alkanes) is 1. The Bertz CT molecular complexity index is 1160. The van der Waals surface area contributed by atoms with Gasteiger partial charge in [-0.25, -0.2) is 4.79 Å². The first-order valence-electron chi connectivity index (χ1n) is 14.9. The first-order chi connectivity index (χ1) is 20.0. The van der Waals surface area contributed by atoms with Gasteiger partial charge >= 0.3 is 6.09 Å². The number of ether oxygens (including phenoxy) is 1. The molecule has 3 N–H and O–H groups in total. The smallest absolute Gasteiger partial charge is 0.412 e. The van der Waals surface area contributed by atoms with E-state index in [9.17, 15) is 24.1 Å². The van der Waals surface area contributed by atoms with E-state index in [2.05, 4.69) is 10.4 Å². The summed E-state index contributed by atoms with van der Waals surface area (Å²) in [6.07, 6.45) is 1.42. The Labute approximate surface area is 250 Å². The van der Waals surface area contributed by atoms with Crippen molar-refractivity contribution in [3.63, 3.8) is 0 Å². The van der Waals surface area contributed by atoms with Crippen molar-refractivity contribution in [2.75, 3.05) is 18.1 Å². The van der Waals surface area contributed by atoms with Crippen LogP contribution in [0.1, 0.15) is 72.3 Å². The van der Waals surface area contributed by atoms with Crippen molar-refractivity contribution in [1.29, 1.82) is 0 Å². The second-order valence-electron chi connectivity index (χ2n) is 11.5. The fraction of sp³-hybridized carbons (Fsp3) is 0.531. The molecule has 0 saturated heterocycles. The minimum Gasteiger partial charge on any atom is -0.449 e. The topological polar surface area (TPSA) is 125 Å². The molecule has 0 heterocycles. The first kappa shape index (κ1) is 35.0. The Morgan fingerprint density at radius 3 is 2.12 bits per heavy atom. The summed E-state index contributed by atoms with van der Waals surface area (Å²) in [5.74, 6) is -2.92. The molecule has 0 aromatic heterocycles. The van der Waals surface area contributed by atoms with Crippen LogP contribution in [-0.4, -0.2) is 52.7 Å². The zero-order valence-electron chi connectivity index (χ0n) is 25.6. The van der Waals surface area contributed by atoms with E-state index in [1.165, 1.54) is 0 Å². The molecule has 0 aliphatic carbocycles. The molecular weight excluding hydrogens is 553 g/mol. The number of aryl methyl sites for hydroxylation is 1. The van der Waals surface area contributed by atoms with Crippen LogP contribution in [0.4, 0.5) is 10.5 Å². The van der Waals surface area contributed by atoms with Gasteiger partial charge in [-0.05, 0) is 55.2 Å². The molecule has 9 nitrogen and oxygen atoms in total. The van der Waals surface area contributed by atoms with E-state index in [1.54, 1.807) is 24.3 Å². The van der Waals surface area contributed by atoms with Crippen LogP contribution < -0.4 is 10.4 Å². The number of benzene rings is 2. The lowest BCUT2D eigenvalue weighted by atomic mass is 10.0. The summed E-state index contributed by atoms with van der Waals surface area (Å²) in [5, 5.41) is 17.0. The number of carbonyl (C=O) groups excluding carboxylic acids is 3. The number of para-hydroxylation sites is 1. The van der Waals surface area contributed by atoms with E-state index in [4.69, 9.17) is 4.74 Å². The molecule has 0 bridgehead atoms. The van der Waals surface area contributed by atoms with Crippen LogP contribution in [0.3, 0.4) is 0 Å². The molecule has 2 aromatic rings. The molecule has 10 heteroatoms. The normalized spacial score (nSPS) is 14.1. The monoisotopic (exact) mass is 601 g/mol. The number of anilines is 1. The quantitative estimate of drug-likeness (QED) is 0.138. The number of carbonyl (C=O) groups is 3. The van der Waals surface area contributed by atoms with Gasteiger partial charge in [0.1, 0.15) is 6.04 Å². The molecular formula is C32H48N3O6P. The maximum absolute atomic E-state index is 14.4. The summed E-state index contributed by atoms with van der Waals surface area (Å²) in [5.41, 5.74) is 1.59. The molecule has 0 aliphatic rings. The zero-order chi connectivity index (χ0) is 31.1. The second kappa shape index (κ2) is 17.7. The lowest BCUT2D eigenvalue weighted by Crippen LogP contribution is -2.54. The van der Waals surface area contributed by atoms with Crippen LogP contribution in [0, 0.1) is 11.8 Å². The van der Waals surface area contributed by atoms with Crippen LogP contribution in [0.2, 0.25) is 0 Å². The van der Waals surface area contributed by atoms with Crippen LogP contribution in [0.25, 0.3) is 0 Å². The molecule has 3 amide bonds. The molecule has 0 fully saturated rings. The van der Waals surface area contributed by atoms with Crippen LogP contribution in [0.5, 0.6) is 0 Å². The van der Waals surface area contributed by atoms with E-state index in [1.807, 2.05) is 71.0 Å². The molecule has 0 radical (unpaired) electrons. The number of aliphatic hydroxyl groups is 1. The minimum atomic E-state index is -4.01. The first-order valence-corrected chi connectivity index (χ1v) is 16.9. The van der Waals surface area contributed by atoms with Crippen molar-refractivity contribution >= 4 is 30.9 Å². The van der Waals surface area contributed by atoms with Crippen LogP contribution >= 0.6 is 7.29 Å². The number of nitrogens with one attached hydrogen (secondary N) is 2. The Balaban J connectivity index is 2.45. The van der Waals surface area contributed by atoms with Gasteiger partial charge in [0.15, 0.2) is 0 Å². The fourth-order valence-corrected chi connectivity index (χ4v) is 6.78. The highest BCUT2D eigenvalue weighted by molar-refractivity contribution is 7.63. The number of nitrogens with zero attached hydrogens (tertiary/aromatic N) is 1. The van der Waals surface area contributed by atoms with Crippen LogP contribution in [0.15, 0.2) is 60.7 Å². The molecule has 42 heavy (non-hydrogen) atoms. The number of aliphatic hydroxyl groups excluding tert-OH is 1. The third-order valence-electron chi connectivity index (χ3n) is 6.66. The molecule has 2 unspecified atom stereocenters. The van der Waals surface area contributed by atoms with Gasteiger partial charge in [-0.1, -0.05) is 89.6 Å². The number of rotatable bonds is 17. The fourth-order valence-electron chi connectivity index (χ4n) is 4.47. The SMILES string of the molecule is CCCCP(=O)(NC(=O)OCC(C)C)C(O)N(C(=O)CCCc1ccccc1)[C@@H](CC(C)C)C(=O)Nc1ccccc1. The molecule has 3 atom stereocenters. The van der Waals surface area contributed by atoms with E-state index in [0.717, 1.165) is 10.5 Å². The van der Waals surface area contributed by atoms with E-state index >= 15 is 0 Å². The standard InChI is InChI=1S/C32H48N3O6P/c1-6-7-21-42(40,34-31(38)41-23-25(4)5)32(39)35(29(36)20-14-17-26-15-10-8-11-16-26)28(22-24(2)3)30(37)33-27-18-12-9-13-19-27/h8-13,15-16,18-19,24-25,28,32,39H,6-7,14,17,20-23H2,1-5H3,(H,33,37)(H,34,38,40)/t28-,32?,42?/m0/s1. The highest BCUT2D eigenvalue weighted by Crippen LogP contribution is 2.49. The maximum atomic E-state index is 14.4. The number of amides is 3.